The van der Waals surface area contributed by atoms with E-state index < -0.39 is 0 Å². The maximum absolute atomic E-state index is 6.04. The third-order valence-electron chi connectivity index (χ3n) is 3.43. The number of anilines is 1. The van der Waals surface area contributed by atoms with Crippen LogP contribution in [0.1, 0.15) is 17.7 Å². The number of aromatic amines is 1. The van der Waals surface area contributed by atoms with Gasteiger partial charge < -0.3 is 4.90 Å². The highest BCUT2D eigenvalue weighted by Crippen LogP contribution is 2.36. The van der Waals surface area contributed by atoms with E-state index in [0.717, 1.165) is 17.7 Å². The van der Waals surface area contributed by atoms with Gasteiger partial charge in [0.05, 0.1) is 18.1 Å². The van der Waals surface area contributed by atoms with Crippen LogP contribution in [0.2, 0.25) is 5.28 Å². The second kappa shape index (κ2) is 4.71. The molecule has 1 N–H and O–H groups in total. The number of hydrogen-bond donors (Lipinski definition) is 1. The molecule has 1 saturated carbocycles. The molecule has 102 valence electrons. The van der Waals surface area contributed by atoms with Crippen molar-refractivity contribution in [1.82, 2.24) is 20.2 Å². The molecule has 0 spiro atoms. The topological polar surface area (TPSA) is 57.7 Å². The minimum Gasteiger partial charge on any atom is -0.348 e. The van der Waals surface area contributed by atoms with Gasteiger partial charge in [-0.3, -0.25) is 5.10 Å². The number of H-pyrrole nitrogens is 1. The monoisotopic (exact) mass is 305 g/mol. The van der Waals surface area contributed by atoms with Crippen LogP contribution in [0.3, 0.4) is 0 Å². The van der Waals surface area contributed by atoms with Gasteiger partial charge in [-0.05, 0) is 35.9 Å². The first-order valence-corrected chi connectivity index (χ1v) is 7.72. The van der Waals surface area contributed by atoms with E-state index in [9.17, 15) is 0 Å². The van der Waals surface area contributed by atoms with Crippen LogP contribution in [0.4, 0.5) is 5.82 Å². The molecule has 0 atom stereocenters. The summed E-state index contributed by atoms with van der Waals surface area (Å²) in [5.74, 6) is 0.879. The van der Waals surface area contributed by atoms with Gasteiger partial charge in [-0.2, -0.15) is 15.1 Å². The van der Waals surface area contributed by atoms with Gasteiger partial charge in [0.2, 0.25) is 5.28 Å². The van der Waals surface area contributed by atoms with E-state index in [-0.39, 0.29) is 5.28 Å². The van der Waals surface area contributed by atoms with Crippen molar-refractivity contribution >= 4 is 39.8 Å². The smallest absolute Gasteiger partial charge is 0.226 e. The summed E-state index contributed by atoms with van der Waals surface area (Å²) in [5.41, 5.74) is 0.692. The third-order valence-corrected chi connectivity index (χ3v) is 4.46. The second-order valence-corrected chi connectivity index (χ2v) is 6.26. The zero-order valence-corrected chi connectivity index (χ0v) is 12.2. The van der Waals surface area contributed by atoms with Crippen molar-refractivity contribution < 1.29 is 0 Å². The Bertz CT molecular complexity index is 734. The van der Waals surface area contributed by atoms with Gasteiger partial charge in [-0.25, -0.2) is 0 Å². The number of nitrogens with one attached hydrogen (secondary N) is 1. The molecule has 1 aliphatic carbocycles. The van der Waals surface area contributed by atoms with Gasteiger partial charge in [-0.15, -0.1) is 11.3 Å². The first kappa shape index (κ1) is 12.1. The fourth-order valence-corrected chi connectivity index (χ4v) is 3.21. The van der Waals surface area contributed by atoms with Gasteiger partial charge in [0.15, 0.2) is 5.65 Å². The molecular formula is C13H12ClN5S. The molecule has 0 amide bonds. The van der Waals surface area contributed by atoms with E-state index in [1.165, 1.54) is 17.7 Å². The Kier molecular flexibility index (Phi) is 2.85. The maximum atomic E-state index is 6.04. The van der Waals surface area contributed by atoms with Crippen molar-refractivity contribution in [3.63, 3.8) is 0 Å². The van der Waals surface area contributed by atoms with Gasteiger partial charge in [0.1, 0.15) is 5.82 Å². The molecule has 5 nitrogen and oxygen atoms in total. The lowest BCUT2D eigenvalue weighted by molar-refractivity contribution is 0.789. The van der Waals surface area contributed by atoms with Crippen LogP contribution in [0.25, 0.3) is 11.0 Å². The van der Waals surface area contributed by atoms with Crippen molar-refractivity contribution in [2.24, 2.45) is 0 Å². The van der Waals surface area contributed by atoms with E-state index >= 15 is 0 Å². The highest BCUT2D eigenvalue weighted by atomic mass is 35.5. The highest BCUT2D eigenvalue weighted by molar-refractivity contribution is 7.09. The summed E-state index contributed by atoms with van der Waals surface area (Å²) in [6.45, 7) is 0.857. The summed E-state index contributed by atoms with van der Waals surface area (Å²) < 4.78 is 0. The largest absolute Gasteiger partial charge is 0.348 e. The minimum absolute atomic E-state index is 0.258. The predicted molar refractivity (Wildman–Crippen MR) is 80.2 cm³/mol. The molecule has 0 saturated heterocycles. The van der Waals surface area contributed by atoms with Crippen LogP contribution in [0, 0.1) is 0 Å². The number of nitrogens with zero attached hydrogens (tertiary/aromatic N) is 4. The molecule has 0 unspecified atom stereocenters. The first-order chi connectivity index (χ1) is 9.81. The average molecular weight is 306 g/mol. The van der Waals surface area contributed by atoms with Crippen LogP contribution in [0.15, 0.2) is 23.7 Å². The SMILES string of the molecule is Clc1nc(N(Cc2cccs2)C2CC2)c2cn[nH]c2n1. The summed E-state index contributed by atoms with van der Waals surface area (Å²) >= 11 is 7.80. The van der Waals surface area contributed by atoms with Crippen molar-refractivity contribution in [3.05, 3.63) is 33.9 Å². The Morgan fingerprint density at radius 2 is 2.30 bits per heavy atom. The van der Waals surface area contributed by atoms with Crippen molar-refractivity contribution in [2.45, 2.75) is 25.4 Å². The predicted octanol–water partition coefficient (Wildman–Crippen LogP) is 3.24. The Morgan fingerprint density at radius 3 is 3.05 bits per heavy atom. The normalized spacial score (nSPS) is 14.8. The summed E-state index contributed by atoms with van der Waals surface area (Å²) in [6, 6.07) is 4.77. The molecule has 3 heterocycles. The molecule has 7 heteroatoms. The van der Waals surface area contributed by atoms with Crippen molar-refractivity contribution in [1.29, 1.82) is 0 Å². The molecule has 0 bridgehead atoms. The average Bonchev–Trinajstić information content (AvgIpc) is 2.96. The number of halogens is 1. The standard InChI is InChI=1S/C13H12ClN5S/c14-13-16-11-10(6-15-18-11)12(17-13)19(8-3-4-8)7-9-2-1-5-20-9/h1-2,5-6,8H,3-4,7H2,(H,15,16,17,18). The summed E-state index contributed by atoms with van der Waals surface area (Å²) in [7, 11) is 0. The molecule has 0 aromatic carbocycles. The van der Waals surface area contributed by atoms with Crippen LogP contribution in [0.5, 0.6) is 0 Å². The number of fused-ring (bicyclic) bond motifs is 1. The quantitative estimate of drug-likeness (QED) is 0.752. The minimum atomic E-state index is 0.258. The molecule has 3 aromatic heterocycles. The Morgan fingerprint density at radius 1 is 1.40 bits per heavy atom. The van der Waals surface area contributed by atoms with E-state index in [2.05, 4.69) is 42.6 Å². The Labute approximate surface area is 124 Å². The van der Waals surface area contributed by atoms with E-state index in [1.54, 1.807) is 17.5 Å². The number of rotatable bonds is 4. The summed E-state index contributed by atoms with van der Waals surface area (Å²) in [5, 5.41) is 10.2. The van der Waals surface area contributed by atoms with Crippen molar-refractivity contribution in [3.8, 4) is 0 Å². The second-order valence-electron chi connectivity index (χ2n) is 4.89. The van der Waals surface area contributed by atoms with E-state index in [1.807, 2.05) is 0 Å². The van der Waals surface area contributed by atoms with Crippen molar-refractivity contribution in [2.75, 3.05) is 4.90 Å². The molecular weight excluding hydrogens is 294 g/mol. The fourth-order valence-electron chi connectivity index (χ4n) is 2.35. The van der Waals surface area contributed by atoms with Gasteiger partial charge in [0, 0.05) is 10.9 Å². The highest BCUT2D eigenvalue weighted by Gasteiger charge is 2.32. The fraction of sp³-hybridized carbons (Fsp3) is 0.308. The van der Waals surface area contributed by atoms with Gasteiger partial charge in [-0.1, -0.05) is 6.07 Å². The van der Waals surface area contributed by atoms with Crippen LogP contribution in [-0.2, 0) is 6.54 Å². The van der Waals surface area contributed by atoms with Gasteiger partial charge >= 0.3 is 0 Å². The van der Waals surface area contributed by atoms with Crippen LogP contribution < -0.4 is 4.90 Å². The molecule has 1 fully saturated rings. The number of aromatic nitrogens is 4. The molecule has 0 radical (unpaired) electrons. The van der Waals surface area contributed by atoms with Gasteiger partial charge in [0.25, 0.3) is 0 Å². The Hall–Kier alpha value is -1.66. The lowest BCUT2D eigenvalue weighted by atomic mass is 10.3. The molecule has 4 rings (SSSR count). The summed E-state index contributed by atoms with van der Waals surface area (Å²) in [4.78, 5) is 12.2. The molecule has 20 heavy (non-hydrogen) atoms. The maximum Gasteiger partial charge on any atom is 0.226 e. The third kappa shape index (κ3) is 2.14. The Balaban J connectivity index is 1.79. The summed E-state index contributed by atoms with van der Waals surface area (Å²) in [6.07, 6.45) is 4.17. The number of thiophene rings is 1. The molecule has 1 aliphatic rings. The lowest BCUT2D eigenvalue weighted by Gasteiger charge is -2.23. The van der Waals surface area contributed by atoms with E-state index in [4.69, 9.17) is 11.6 Å². The zero-order valence-electron chi connectivity index (χ0n) is 10.6. The van der Waals surface area contributed by atoms with E-state index in [0.29, 0.717) is 11.7 Å². The van der Waals surface area contributed by atoms with Crippen LogP contribution in [-0.4, -0.2) is 26.2 Å². The molecule has 3 aromatic rings. The first-order valence-electron chi connectivity index (χ1n) is 6.47. The molecule has 0 aliphatic heterocycles. The van der Waals surface area contributed by atoms with Crippen LogP contribution >= 0.6 is 22.9 Å². The number of hydrogen-bond acceptors (Lipinski definition) is 5. The zero-order chi connectivity index (χ0) is 13.5. The lowest BCUT2D eigenvalue weighted by Crippen LogP contribution is -2.26.